The van der Waals surface area contributed by atoms with Crippen LogP contribution in [0, 0.1) is 0 Å². The molecule has 0 spiro atoms. The van der Waals surface area contributed by atoms with E-state index < -0.39 is 14.8 Å². The van der Waals surface area contributed by atoms with Crippen LogP contribution in [-0.4, -0.2) is 34.9 Å². The summed E-state index contributed by atoms with van der Waals surface area (Å²) >= 11 is 0. The van der Waals surface area contributed by atoms with E-state index in [9.17, 15) is 8.63 Å². The van der Waals surface area contributed by atoms with E-state index in [0.717, 1.165) is 0 Å². The first-order valence-corrected chi connectivity index (χ1v) is 1.47. The summed E-state index contributed by atoms with van der Waals surface area (Å²) in [6.45, 7) is 0. The molecule has 0 saturated carbocycles. The molecular weight excluding hydrogens is 124 g/mol. The molecule has 0 heterocycles. The van der Waals surface area contributed by atoms with Gasteiger partial charge >= 0.3 is 14.8 Å². The molecule has 0 rings (SSSR count). The molecule has 0 aliphatic carbocycles. The average Bonchev–Trinajstić information content (AvgIpc) is 1.25. The van der Waals surface area contributed by atoms with E-state index >= 15 is 0 Å². The lowest BCUT2D eigenvalue weighted by Crippen LogP contribution is -2.07. The van der Waals surface area contributed by atoms with E-state index in [-0.39, 0.29) is 0 Å². The topological polar surface area (TPSA) is 80.9 Å². The van der Waals surface area contributed by atoms with Crippen LogP contribution < -0.4 is 0 Å². The van der Waals surface area contributed by atoms with Gasteiger partial charge in [0.25, 0.3) is 0 Å². The quantitative estimate of drug-likeness (QED) is 0.280. The second-order valence-corrected chi connectivity index (χ2v) is 0.624. The molecular formula is H4B2F2O4. The van der Waals surface area contributed by atoms with Crippen LogP contribution in [0.4, 0.5) is 8.63 Å². The fourth-order valence-electron chi connectivity index (χ4n) is 0. The largest absolute Gasteiger partial charge is 0.718 e. The molecule has 8 heavy (non-hydrogen) atoms. The molecule has 0 aliphatic rings. The monoisotopic (exact) mass is 128 g/mol. The molecule has 0 saturated heterocycles. The molecule has 0 radical (unpaired) electrons. The lowest BCUT2D eigenvalue weighted by atomic mass is 10.3. The molecule has 0 bridgehead atoms. The van der Waals surface area contributed by atoms with Crippen molar-refractivity contribution in [2.24, 2.45) is 0 Å². The summed E-state index contributed by atoms with van der Waals surface area (Å²) in [6, 6.07) is 0. The Morgan fingerprint density at radius 1 is 0.875 bits per heavy atom. The van der Waals surface area contributed by atoms with Crippen LogP contribution in [0.1, 0.15) is 0 Å². The lowest BCUT2D eigenvalue weighted by Gasteiger charge is -1.69. The standard InChI is InChI=1S/BF2HO.BH3O3/c2*2-1(3)4/h4H;2-4H. The van der Waals surface area contributed by atoms with Crippen LogP contribution in [-0.2, 0) is 0 Å². The molecule has 0 aliphatic heterocycles. The first-order chi connectivity index (χ1) is 3.46. The maximum atomic E-state index is 9.89. The molecule has 0 aromatic heterocycles. The Balaban J connectivity index is 0. The van der Waals surface area contributed by atoms with Gasteiger partial charge in [-0.25, -0.2) is 0 Å². The Kier molecular flexibility index (Phi) is 9.17. The normalized spacial score (nSPS) is 6.75. The van der Waals surface area contributed by atoms with Crippen molar-refractivity contribution in [2.45, 2.75) is 0 Å². The maximum absolute atomic E-state index is 9.89. The minimum Gasteiger partial charge on any atom is -0.402 e. The van der Waals surface area contributed by atoms with Crippen LogP contribution in [0.25, 0.3) is 0 Å². The van der Waals surface area contributed by atoms with Gasteiger partial charge in [0.2, 0.25) is 0 Å². The third kappa shape index (κ3) is 4700. The summed E-state index contributed by atoms with van der Waals surface area (Å²) in [4.78, 5) is 0. The fourth-order valence-corrected chi connectivity index (χ4v) is 0. The molecule has 48 valence electrons. The van der Waals surface area contributed by atoms with Crippen molar-refractivity contribution in [2.75, 3.05) is 0 Å². The highest BCUT2D eigenvalue weighted by atomic mass is 19.2. The highest BCUT2D eigenvalue weighted by Gasteiger charge is 2.01. The van der Waals surface area contributed by atoms with Crippen molar-refractivity contribution >= 4 is 14.8 Å². The van der Waals surface area contributed by atoms with E-state index in [0.29, 0.717) is 0 Å². The minimum absolute atomic E-state index is 2.17. The zero-order valence-corrected chi connectivity index (χ0v) is 3.70. The lowest BCUT2D eigenvalue weighted by molar-refractivity contribution is 0.278. The van der Waals surface area contributed by atoms with E-state index in [2.05, 4.69) is 0 Å². The van der Waals surface area contributed by atoms with Crippen LogP contribution in [0.5, 0.6) is 0 Å². The molecule has 0 atom stereocenters. The van der Waals surface area contributed by atoms with Gasteiger partial charge in [-0.05, 0) is 0 Å². The zero-order valence-electron chi connectivity index (χ0n) is 3.70. The van der Waals surface area contributed by atoms with Gasteiger partial charge in [0, 0.05) is 0 Å². The Morgan fingerprint density at radius 3 is 0.875 bits per heavy atom. The number of hydrogen-bond acceptors (Lipinski definition) is 4. The zero-order chi connectivity index (χ0) is 7.15. The number of rotatable bonds is 0. The first kappa shape index (κ1) is 10.7. The molecule has 4 nitrogen and oxygen atoms in total. The molecule has 0 fully saturated rings. The average molecular weight is 128 g/mol. The van der Waals surface area contributed by atoms with E-state index in [1.165, 1.54) is 0 Å². The predicted octanol–water partition coefficient (Wildman–Crippen LogP) is -2.15. The second kappa shape index (κ2) is 6.83. The molecule has 0 aromatic rings. The Labute approximate surface area is 44.8 Å². The summed E-state index contributed by atoms with van der Waals surface area (Å²) < 4.78 is 19.8. The molecule has 0 amide bonds. The maximum Gasteiger partial charge on any atom is 0.718 e. The van der Waals surface area contributed by atoms with Crippen LogP contribution in [0.3, 0.4) is 0 Å². The van der Waals surface area contributed by atoms with E-state index in [4.69, 9.17) is 20.1 Å². The molecule has 8 heteroatoms. The molecule has 0 unspecified atom stereocenters. The van der Waals surface area contributed by atoms with Gasteiger partial charge in [-0.15, -0.1) is 0 Å². The SMILES string of the molecule is OB(F)F.OB(O)O. The van der Waals surface area contributed by atoms with Gasteiger partial charge in [-0.3, -0.25) is 8.63 Å². The second-order valence-electron chi connectivity index (χ2n) is 0.624. The first-order valence-electron chi connectivity index (χ1n) is 1.47. The van der Waals surface area contributed by atoms with Crippen molar-refractivity contribution in [3.63, 3.8) is 0 Å². The fraction of sp³-hybridized carbons (Fsp3) is 0. The van der Waals surface area contributed by atoms with Gasteiger partial charge in [0.05, 0.1) is 0 Å². The van der Waals surface area contributed by atoms with Gasteiger partial charge in [-0.1, -0.05) is 0 Å². The Morgan fingerprint density at radius 2 is 0.875 bits per heavy atom. The highest BCUT2D eigenvalue weighted by Crippen LogP contribution is 1.69. The third-order valence-electron chi connectivity index (χ3n) is 0. The van der Waals surface area contributed by atoms with E-state index in [1.807, 2.05) is 0 Å². The summed E-state index contributed by atoms with van der Waals surface area (Å²) in [6.07, 6.45) is 0. The van der Waals surface area contributed by atoms with Crippen LogP contribution in [0.15, 0.2) is 0 Å². The summed E-state index contributed by atoms with van der Waals surface area (Å²) in [5, 5.41) is 28.2. The number of hydrogen-bond donors (Lipinski definition) is 4. The van der Waals surface area contributed by atoms with Crippen molar-refractivity contribution < 1.29 is 28.7 Å². The summed E-state index contributed by atoms with van der Waals surface area (Å²) in [5.41, 5.74) is 0. The molecule has 4 N–H and O–H groups in total. The van der Waals surface area contributed by atoms with Crippen molar-refractivity contribution in [1.82, 2.24) is 0 Å². The predicted molar refractivity (Wildman–Crippen MR) is 22.6 cm³/mol. The van der Waals surface area contributed by atoms with Gasteiger partial charge in [0.1, 0.15) is 0 Å². The van der Waals surface area contributed by atoms with Crippen molar-refractivity contribution in [1.29, 1.82) is 0 Å². The Hall–Kier alpha value is -0.170. The van der Waals surface area contributed by atoms with Crippen LogP contribution in [0.2, 0.25) is 0 Å². The third-order valence-corrected chi connectivity index (χ3v) is 0. The van der Waals surface area contributed by atoms with Crippen LogP contribution >= 0.6 is 0 Å². The van der Waals surface area contributed by atoms with Gasteiger partial charge in [-0.2, -0.15) is 0 Å². The smallest absolute Gasteiger partial charge is 0.402 e. The highest BCUT2D eigenvalue weighted by molar-refractivity contribution is 6.32. The van der Waals surface area contributed by atoms with Crippen molar-refractivity contribution in [3.05, 3.63) is 0 Å². The van der Waals surface area contributed by atoms with E-state index in [1.54, 1.807) is 0 Å². The van der Waals surface area contributed by atoms with Gasteiger partial charge < -0.3 is 20.1 Å². The van der Waals surface area contributed by atoms with Gasteiger partial charge in [0.15, 0.2) is 0 Å². The van der Waals surface area contributed by atoms with Crippen molar-refractivity contribution in [3.8, 4) is 0 Å². The number of halogens is 2. The Bertz CT molecular complexity index is 27.5. The summed E-state index contributed by atoms with van der Waals surface area (Å²) in [7, 11) is -5.33. The minimum atomic E-state index is -3.17. The molecule has 0 aromatic carbocycles. The summed E-state index contributed by atoms with van der Waals surface area (Å²) in [5.74, 6) is 0.